The summed E-state index contributed by atoms with van der Waals surface area (Å²) in [5, 5.41) is 0.00913. The Morgan fingerprint density at radius 1 is 1.22 bits per heavy atom. The minimum absolute atomic E-state index is 0.00913. The molecule has 2 rings (SSSR count). The van der Waals surface area contributed by atoms with E-state index in [1.54, 1.807) is 6.07 Å². The molecule has 100 valence electrons. The van der Waals surface area contributed by atoms with E-state index in [4.69, 9.17) is 11.6 Å². The molecule has 0 bridgehead atoms. The molecule has 0 saturated heterocycles. The highest BCUT2D eigenvalue weighted by Gasteiger charge is 2.38. The van der Waals surface area contributed by atoms with Crippen molar-refractivity contribution in [1.29, 1.82) is 0 Å². The van der Waals surface area contributed by atoms with Gasteiger partial charge in [0.25, 0.3) is 0 Å². The van der Waals surface area contributed by atoms with Crippen LogP contribution in [0.15, 0.2) is 18.2 Å². The maximum absolute atomic E-state index is 13.2. The van der Waals surface area contributed by atoms with Crippen LogP contribution in [0.2, 0.25) is 0 Å². The smallest absolute Gasteiger partial charge is 0.159 e. The molecule has 0 N–H and O–H groups in total. The quantitative estimate of drug-likeness (QED) is 0.670. The first kappa shape index (κ1) is 13.8. The highest BCUT2D eigenvalue weighted by molar-refractivity contribution is 6.21. The number of alkyl halides is 1. The normalized spacial score (nSPS) is 20.0. The maximum Gasteiger partial charge on any atom is 0.159 e. The average Bonchev–Trinajstić information content (AvgIpc) is 2.84. The van der Waals surface area contributed by atoms with Crippen molar-refractivity contribution in [2.75, 3.05) is 0 Å². The van der Waals surface area contributed by atoms with E-state index in [9.17, 15) is 8.78 Å². The first-order chi connectivity index (χ1) is 8.57. The third-order valence-corrected chi connectivity index (χ3v) is 4.98. The minimum Gasteiger partial charge on any atom is -0.204 e. The number of halogens is 3. The molecule has 0 amide bonds. The van der Waals surface area contributed by atoms with Crippen molar-refractivity contribution in [2.24, 2.45) is 5.41 Å². The van der Waals surface area contributed by atoms with E-state index in [1.165, 1.54) is 25.0 Å². The van der Waals surface area contributed by atoms with E-state index in [0.717, 1.165) is 24.8 Å². The van der Waals surface area contributed by atoms with Crippen LogP contribution in [0.3, 0.4) is 0 Å². The summed E-state index contributed by atoms with van der Waals surface area (Å²) in [7, 11) is 0. The molecule has 0 nitrogen and oxygen atoms in total. The van der Waals surface area contributed by atoms with Gasteiger partial charge in [-0.2, -0.15) is 0 Å². The second kappa shape index (κ2) is 5.56. The molecule has 1 fully saturated rings. The Hall–Kier alpha value is -0.630. The third kappa shape index (κ3) is 2.69. The summed E-state index contributed by atoms with van der Waals surface area (Å²) in [5.41, 5.74) is 0.973. The van der Waals surface area contributed by atoms with Gasteiger partial charge < -0.3 is 0 Å². The van der Waals surface area contributed by atoms with Gasteiger partial charge in [0.15, 0.2) is 11.6 Å². The van der Waals surface area contributed by atoms with Gasteiger partial charge in [-0.1, -0.05) is 25.8 Å². The molecule has 3 heteroatoms. The molecule has 0 aliphatic heterocycles. The number of rotatable bonds is 4. The predicted molar refractivity (Wildman–Crippen MR) is 70.9 cm³/mol. The highest BCUT2D eigenvalue weighted by atomic mass is 35.5. The van der Waals surface area contributed by atoms with Gasteiger partial charge in [-0.05, 0) is 48.8 Å². The van der Waals surface area contributed by atoms with Gasteiger partial charge in [0.05, 0.1) is 0 Å². The van der Waals surface area contributed by atoms with Crippen molar-refractivity contribution >= 4 is 11.6 Å². The van der Waals surface area contributed by atoms with E-state index >= 15 is 0 Å². The van der Waals surface area contributed by atoms with Crippen LogP contribution < -0.4 is 0 Å². The highest BCUT2D eigenvalue weighted by Crippen LogP contribution is 2.47. The Bertz CT molecular complexity index is 411. The van der Waals surface area contributed by atoms with Crippen molar-refractivity contribution in [2.45, 2.75) is 50.8 Å². The Labute approximate surface area is 112 Å². The van der Waals surface area contributed by atoms with Crippen molar-refractivity contribution < 1.29 is 8.78 Å². The zero-order valence-corrected chi connectivity index (χ0v) is 11.4. The molecule has 1 unspecified atom stereocenters. The monoisotopic (exact) mass is 272 g/mol. The number of hydrogen-bond donors (Lipinski definition) is 0. The van der Waals surface area contributed by atoms with Crippen molar-refractivity contribution in [3.05, 3.63) is 35.4 Å². The number of hydrogen-bond acceptors (Lipinski definition) is 0. The molecule has 1 aromatic rings. The van der Waals surface area contributed by atoms with Crippen LogP contribution in [-0.2, 0) is 6.42 Å². The Balaban J connectivity index is 2.10. The van der Waals surface area contributed by atoms with Crippen LogP contribution >= 0.6 is 11.6 Å². The fourth-order valence-electron chi connectivity index (χ4n) is 3.06. The zero-order chi connectivity index (χ0) is 13.2. The van der Waals surface area contributed by atoms with Crippen LogP contribution in [0.5, 0.6) is 0 Å². The standard InChI is InChI=1S/C15H19ClF2/c1-2-15(7-3-4-8-15)14(16)10-11-5-6-12(17)13(18)9-11/h5-6,9,14H,2-4,7-8,10H2,1H3. The summed E-state index contributed by atoms with van der Waals surface area (Å²) in [5.74, 6) is -1.58. The third-order valence-electron chi connectivity index (χ3n) is 4.37. The lowest BCUT2D eigenvalue weighted by molar-refractivity contribution is 0.267. The molecule has 1 aliphatic rings. The first-order valence-corrected chi connectivity index (χ1v) is 7.09. The van der Waals surface area contributed by atoms with Gasteiger partial charge in [-0.3, -0.25) is 0 Å². The molecule has 1 saturated carbocycles. The lowest BCUT2D eigenvalue weighted by atomic mass is 9.78. The van der Waals surface area contributed by atoms with E-state index in [2.05, 4.69) is 6.92 Å². The summed E-state index contributed by atoms with van der Waals surface area (Å²) in [4.78, 5) is 0. The number of benzene rings is 1. The molecule has 0 spiro atoms. The molecular formula is C15H19ClF2. The molecule has 1 atom stereocenters. The topological polar surface area (TPSA) is 0 Å². The van der Waals surface area contributed by atoms with Gasteiger partial charge >= 0.3 is 0 Å². The van der Waals surface area contributed by atoms with E-state index in [1.807, 2.05) is 0 Å². The van der Waals surface area contributed by atoms with Crippen molar-refractivity contribution in [1.82, 2.24) is 0 Å². The summed E-state index contributed by atoms with van der Waals surface area (Å²) >= 11 is 6.55. The Morgan fingerprint density at radius 2 is 1.89 bits per heavy atom. The van der Waals surface area contributed by atoms with Crippen LogP contribution in [0.25, 0.3) is 0 Å². The van der Waals surface area contributed by atoms with Crippen LogP contribution in [0.1, 0.15) is 44.6 Å². The molecular weight excluding hydrogens is 254 g/mol. The van der Waals surface area contributed by atoms with Crippen LogP contribution in [-0.4, -0.2) is 5.38 Å². The molecule has 1 aromatic carbocycles. The Kier molecular flexibility index (Phi) is 4.26. The summed E-state index contributed by atoms with van der Waals surface area (Å²) in [6.07, 6.45) is 6.45. The summed E-state index contributed by atoms with van der Waals surface area (Å²) in [6.45, 7) is 2.17. The van der Waals surface area contributed by atoms with E-state index < -0.39 is 11.6 Å². The molecule has 0 aromatic heterocycles. The van der Waals surface area contributed by atoms with E-state index in [-0.39, 0.29) is 10.8 Å². The van der Waals surface area contributed by atoms with E-state index in [0.29, 0.717) is 6.42 Å². The molecule has 0 radical (unpaired) electrons. The summed E-state index contributed by atoms with van der Waals surface area (Å²) in [6, 6.07) is 4.08. The minimum atomic E-state index is -0.795. The second-order valence-corrected chi connectivity index (χ2v) is 5.87. The fourth-order valence-corrected chi connectivity index (χ4v) is 3.61. The fraction of sp³-hybridized carbons (Fsp3) is 0.600. The summed E-state index contributed by atoms with van der Waals surface area (Å²) < 4.78 is 26.0. The van der Waals surface area contributed by atoms with Gasteiger partial charge in [0.1, 0.15) is 0 Å². The van der Waals surface area contributed by atoms with Crippen molar-refractivity contribution in [3.8, 4) is 0 Å². The molecule has 18 heavy (non-hydrogen) atoms. The van der Waals surface area contributed by atoms with Crippen LogP contribution in [0.4, 0.5) is 8.78 Å². The zero-order valence-electron chi connectivity index (χ0n) is 10.7. The van der Waals surface area contributed by atoms with Crippen LogP contribution in [0, 0.1) is 17.0 Å². The molecule has 1 aliphatic carbocycles. The van der Waals surface area contributed by atoms with Gasteiger partial charge in [0, 0.05) is 5.38 Å². The lowest BCUT2D eigenvalue weighted by Crippen LogP contribution is -2.29. The largest absolute Gasteiger partial charge is 0.204 e. The van der Waals surface area contributed by atoms with Gasteiger partial charge in [0.2, 0.25) is 0 Å². The maximum atomic E-state index is 13.2. The van der Waals surface area contributed by atoms with Crippen molar-refractivity contribution in [3.63, 3.8) is 0 Å². The average molecular weight is 273 g/mol. The lowest BCUT2D eigenvalue weighted by Gasteiger charge is -2.33. The predicted octanol–water partition coefficient (Wildman–Crippen LogP) is 5.09. The Morgan fingerprint density at radius 3 is 2.44 bits per heavy atom. The molecule has 0 heterocycles. The first-order valence-electron chi connectivity index (χ1n) is 6.65. The van der Waals surface area contributed by atoms with Gasteiger partial charge in [-0.15, -0.1) is 11.6 Å². The second-order valence-electron chi connectivity index (χ2n) is 5.34. The SMILES string of the molecule is CCC1(C(Cl)Cc2ccc(F)c(F)c2)CCCC1. The van der Waals surface area contributed by atoms with Gasteiger partial charge in [-0.25, -0.2) is 8.78 Å².